The highest BCUT2D eigenvalue weighted by Gasteiger charge is 2.33. The summed E-state index contributed by atoms with van der Waals surface area (Å²) in [6, 6.07) is 0. The molecule has 2 heterocycles. The average molecular weight is 483 g/mol. The number of hydrogen-bond acceptors (Lipinski definition) is 6. The predicted molar refractivity (Wildman–Crippen MR) is 141 cm³/mol. The summed E-state index contributed by atoms with van der Waals surface area (Å²) in [5.41, 5.74) is 3.73. The van der Waals surface area contributed by atoms with Crippen LogP contribution in [-0.4, -0.2) is 45.8 Å². The molecule has 2 aromatic rings. The quantitative estimate of drug-likeness (QED) is 0.582. The van der Waals surface area contributed by atoms with Gasteiger partial charge in [-0.05, 0) is 49.7 Å². The molecule has 1 saturated carbocycles. The molecule has 1 aliphatic carbocycles. The van der Waals surface area contributed by atoms with Crippen LogP contribution in [0.15, 0.2) is 12.4 Å². The third kappa shape index (κ3) is 7.29. The molecule has 0 atom stereocenters. The molecule has 0 aliphatic heterocycles. The van der Waals surface area contributed by atoms with E-state index < -0.39 is 5.41 Å². The first-order chi connectivity index (χ1) is 16.1. The number of nitrogens with zero attached hydrogens (tertiary/aromatic N) is 6. The average Bonchev–Trinajstić information content (AvgIpc) is 3.61. The van der Waals surface area contributed by atoms with Crippen LogP contribution in [-0.2, 0) is 9.59 Å². The van der Waals surface area contributed by atoms with Crippen LogP contribution in [0.2, 0.25) is 0 Å². The van der Waals surface area contributed by atoms with Crippen LogP contribution in [0.5, 0.6) is 0 Å². The van der Waals surface area contributed by atoms with Crippen molar-refractivity contribution < 1.29 is 9.59 Å². The minimum atomic E-state index is -0.428. The predicted octanol–water partition coefficient (Wildman–Crippen LogP) is 5.20. The van der Waals surface area contributed by atoms with E-state index in [0.29, 0.717) is 23.7 Å². The molecule has 2 aromatic heterocycles. The second-order valence-electron chi connectivity index (χ2n) is 11.0. The fourth-order valence-corrected chi connectivity index (χ4v) is 3.68. The minimum absolute atomic E-state index is 0.0131. The van der Waals surface area contributed by atoms with E-state index in [-0.39, 0.29) is 17.7 Å². The Bertz CT molecular complexity index is 1050. The highest BCUT2D eigenvalue weighted by Crippen LogP contribution is 2.31. The number of aromatic nitrogens is 4. The molecular weight excluding hydrogens is 440 g/mol. The zero-order chi connectivity index (χ0) is 26.7. The van der Waals surface area contributed by atoms with E-state index in [2.05, 4.69) is 47.6 Å². The largest absolute Gasteiger partial charge is 0.284 e. The lowest BCUT2D eigenvalue weighted by molar-refractivity contribution is -0.125. The van der Waals surface area contributed by atoms with Crippen molar-refractivity contribution in [2.45, 2.75) is 87.0 Å². The molecule has 1 aliphatic rings. The van der Waals surface area contributed by atoms with Crippen molar-refractivity contribution in [3.8, 4) is 0 Å². The number of carbonyl (C=O) groups excluding carboxylic acids is 2. The van der Waals surface area contributed by atoms with Crippen LogP contribution in [0.3, 0.4) is 0 Å². The Morgan fingerprint density at radius 2 is 1.23 bits per heavy atom. The second-order valence-corrected chi connectivity index (χ2v) is 11.0. The van der Waals surface area contributed by atoms with Gasteiger partial charge < -0.3 is 0 Å². The molecule has 35 heavy (non-hydrogen) atoms. The number of carbonyl (C=O) groups is 2. The van der Waals surface area contributed by atoms with Crippen LogP contribution < -0.4 is 9.80 Å². The first kappa shape index (κ1) is 28.3. The Balaban J connectivity index is 0.000000247. The first-order valence-corrected chi connectivity index (χ1v) is 12.4. The monoisotopic (exact) mass is 482 g/mol. The van der Waals surface area contributed by atoms with Gasteiger partial charge in [-0.15, -0.1) is 0 Å². The van der Waals surface area contributed by atoms with Crippen LogP contribution in [0.4, 0.5) is 11.9 Å². The topological polar surface area (TPSA) is 92.2 Å². The first-order valence-electron chi connectivity index (χ1n) is 12.4. The summed E-state index contributed by atoms with van der Waals surface area (Å²) in [5.74, 6) is 2.14. The van der Waals surface area contributed by atoms with E-state index >= 15 is 0 Å². The Morgan fingerprint density at radius 3 is 1.54 bits per heavy atom. The van der Waals surface area contributed by atoms with Crippen molar-refractivity contribution in [2.24, 2.45) is 11.3 Å². The van der Waals surface area contributed by atoms with Gasteiger partial charge in [0, 0.05) is 49.2 Å². The molecule has 0 aromatic carbocycles. The Hall–Kier alpha value is -2.90. The number of amides is 2. The van der Waals surface area contributed by atoms with E-state index in [0.717, 1.165) is 35.4 Å². The standard InChI is InChI=1S/C14H23N3O.C13H19N3O/c1-9(2)11-8-15-13(16-10(11)3)17(7)12(18)14(4,5)6;1-8(2)11-7-14-13(15-9(11)3)16(4)12(17)10-5-6-10/h8-9H,1-7H3;7-8,10H,5-6H2,1-4H3. The van der Waals surface area contributed by atoms with Gasteiger partial charge in [0.25, 0.3) is 0 Å². The lowest BCUT2D eigenvalue weighted by Crippen LogP contribution is -2.37. The summed E-state index contributed by atoms with van der Waals surface area (Å²) in [4.78, 5) is 44.5. The summed E-state index contributed by atoms with van der Waals surface area (Å²) in [7, 11) is 3.47. The van der Waals surface area contributed by atoms with E-state index in [1.54, 1.807) is 19.0 Å². The molecule has 1 fully saturated rings. The molecule has 0 radical (unpaired) electrons. The van der Waals surface area contributed by atoms with Crippen molar-refractivity contribution >= 4 is 23.7 Å². The van der Waals surface area contributed by atoms with Crippen LogP contribution in [0.25, 0.3) is 0 Å². The smallest absolute Gasteiger partial charge is 0.234 e. The van der Waals surface area contributed by atoms with Crippen molar-refractivity contribution in [3.63, 3.8) is 0 Å². The van der Waals surface area contributed by atoms with Gasteiger partial charge >= 0.3 is 0 Å². The minimum Gasteiger partial charge on any atom is -0.284 e. The fourth-order valence-electron chi connectivity index (χ4n) is 3.68. The van der Waals surface area contributed by atoms with Crippen molar-refractivity contribution in [1.82, 2.24) is 19.9 Å². The zero-order valence-electron chi connectivity index (χ0n) is 23.3. The number of anilines is 2. The van der Waals surface area contributed by atoms with E-state index in [4.69, 9.17) is 0 Å². The summed E-state index contributed by atoms with van der Waals surface area (Å²) in [6.07, 6.45) is 5.66. The van der Waals surface area contributed by atoms with Crippen molar-refractivity contribution in [2.75, 3.05) is 23.9 Å². The number of aryl methyl sites for hydroxylation is 2. The third-order valence-electron chi connectivity index (χ3n) is 6.06. The van der Waals surface area contributed by atoms with Gasteiger partial charge in [0.2, 0.25) is 23.7 Å². The lowest BCUT2D eigenvalue weighted by atomic mass is 9.95. The number of hydrogen-bond donors (Lipinski definition) is 0. The SMILES string of the molecule is Cc1nc(N(C)C(=O)C(C)(C)C)ncc1C(C)C.Cc1nc(N(C)C(=O)C2CC2)ncc1C(C)C. The normalized spacial score (nSPS) is 13.4. The van der Waals surface area contributed by atoms with E-state index in [1.165, 1.54) is 4.90 Å². The van der Waals surface area contributed by atoms with E-state index in [1.807, 2.05) is 47.0 Å². The maximum Gasteiger partial charge on any atom is 0.234 e. The molecule has 0 saturated heterocycles. The van der Waals surface area contributed by atoms with Crippen molar-refractivity contribution in [1.29, 1.82) is 0 Å². The van der Waals surface area contributed by atoms with E-state index in [9.17, 15) is 9.59 Å². The van der Waals surface area contributed by atoms with Gasteiger partial charge in [-0.1, -0.05) is 48.5 Å². The summed E-state index contributed by atoms with van der Waals surface area (Å²) in [5, 5.41) is 0. The molecule has 8 heteroatoms. The Morgan fingerprint density at radius 1 is 0.829 bits per heavy atom. The van der Waals surface area contributed by atoms with Gasteiger partial charge in [-0.25, -0.2) is 19.9 Å². The maximum atomic E-state index is 12.1. The Kier molecular flexibility index (Phi) is 9.09. The highest BCUT2D eigenvalue weighted by atomic mass is 16.2. The molecule has 8 nitrogen and oxygen atoms in total. The molecule has 0 N–H and O–H groups in total. The lowest BCUT2D eigenvalue weighted by Gasteiger charge is -2.24. The van der Waals surface area contributed by atoms with Crippen LogP contribution >= 0.6 is 0 Å². The van der Waals surface area contributed by atoms with Crippen molar-refractivity contribution in [3.05, 3.63) is 34.9 Å². The van der Waals surface area contributed by atoms with Crippen LogP contribution in [0.1, 0.15) is 95.7 Å². The summed E-state index contributed by atoms with van der Waals surface area (Å²) < 4.78 is 0. The molecule has 192 valence electrons. The maximum absolute atomic E-state index is 12.1. The molecule has 2 amide bonds. The van der Waals surface area contributed by atoms with Gasteiger partial charge in [0.15, 0.2) is 0 Å². The highest BCUT2D eigenvalue weighted by molar-refractivity contribution is 5.95. The molecule has 0 unspecified atom stereocenters. The summed E-state index contributed by atoms with van der Waals surface area (Å²) in [6.45, 7) is 18.0. The fraction of sp³-hybridized carbons (Fsp3) is 0.630. The number of rotatable bonds is 5. The molecule has 0 spiro atoms. The van der Waals surface area contributed by atoms with Gasteiger partial charge in [0.05, 0.1) is 0 Å². The van der Waals surface area contributed by atoms with Gasteiger partial charge in [-0.2, -0.15) is 0 Å². The molecule has 0 bridgehead atoms. The third-order valence-corrected chi connectivity index (χ3v) is 6.06. The second kappa shape index (κ2) is 11.2. The summed E-state index contributed by atoms with van der Waals surface area (Å²) >= 11 is 0. The zero-order valence-corrected chi connectivity index (χ0v) is 23.3. The van der Waals surface area contributed by atoms with Crippen LogP contribution in [0, 0.1) is 25.2 Å². The van der Waals surface area contributed by atoms with Gasteiger partial charge in [-0.3, -0.25) is 19.4 Å². The molecule has 3 rings (SSSR count). The molecular formula is C27H42N6O2. The van der Waals surface area contributed by atoms with Gasteiger partial charge in [0.1, 0.15) is 0 Å². The Labute approximate surface area is 210 Å².